The molecule has 0 aromatic heterocycles. The predicted molar refractivity (Wildman–Crippen MR) is 72.6 cm³/mol. The van der Waals surface area contributed by atoms with Crippen molar-refractivity contribution in [2.75, 3.05) is 33.5 Å². The summed E-state index contributed by atoms with van der Waals surface area (Å²) in [5, 5.41) is 8.59. The molecule has 2 heterocycles. The second-order valence-corrected chi connectivity index (χ2v) is 4.70. The first-order valence-electron chi connectivity index (χ1n) is 6.93. The maximum absolute atomic E-state index is 10.8. The fourth-order valence-corrected chi connectivity index (χ4v) is 1.38. The average Bonchev–Trinajstić information content (AvgIpc) is 3.34. The zero-order chi connectivity index (χ0) is 14.8. The molecule has 0 aromatic carbocycles. The molecule has 2 atom stereocenters. The van der Waals surface area contributed by atoms with Crippen LogP contribution in [-0.2, 0) is 23.7 Å². The van der Waals surface area contributed by atoms with Crippen molar-refractivity contribution in [2.45, 2.75) is 38.4 Å². The molecule has 0 bridgehead atoms. The van der Waals surface area contributed by atoms with Gasteiger partial charge in [0.15, 0.2) is 0 Å². The highest BCUT2D eigenvalue weighted by Gasteiger charge is 2.26. The summed E-state index contributed by atoms with van der Waals surface area (Å²) >= 11 is 0. The number of carbonyl (C=O) groups excluding carboxylic acids is 1. The van der Waals surface area contributed by atoms with Crippen LogP contribution in [0.15, 0.2) is 11.8 Å². The Balaban J connectivity index is 0.000000202. The van der Waals surface area contributed by atoms with Gasteiger partial charge in [-0.05, 0) is 12.8 Å². The molecule has 0 amide bonds. The van der Waals surface area contributed by atoms with Crippen LogP contribution in [0.25, 0.3) is 0 Å². The van der Waals surface area contributed by atoms with Gasteiger partial charge in [-0.2, -0.15) is 0 Å². The number of ether oxygens (including phenoxy) is 4. The van der Waals surface area contributed by atoms with Crippen LogP contribution in [-0.4, -0.2) is 56.8 Å². The fraction of sp³-hybridized carbons (Fsp3) is 0.786. The monoisotopic (exact) mass is 288 g/mol. The minimum atomic E-state index is -0.444. The molecule has 116 valence electrons. The van der Waals surface area contributed by atoms with Crippen LogP contribution in [0.5, 0.6) is 0 Å². The number of aliphatic hydroxyl groups excluding tert-OH is 1. The lowest BCUT2D eigenvalue weighted by Gasteiger charge is -2.01. The molecule has 2 saturated heterocycles. The molecule has 0 radical (unpaired) electrons. The summed E-state index contributed by atoms with van der Waals surface area (Å²) in [4.78, 5) is 10.8. The zero-order valence-corrected chi connectivity index (χ0v) is 12.2. The van der Waals surface area contributed by atoms with Crippen LogP contribution in [0.4, 0.5) is 0 Å². The van der Waals surface area contributed by atoms with Gasteiger partial charge in [-0.1, -0.05) is 13.3 Å². The van der Waals surface area contributed by atoms with E-state index in [1.807, 2.05) is 6.92 Å². The second-order valence-electron chi connectivity index (χ2n) is 4.70. The summed E-state index contributed by atoms with van der Waals surface area (Å²) in [7, 11) is 1.30. The van der Waals surface area contributed by atoms with Crippen LogP contribution < -0.4 is 0 Å². The van der Waals surface area contributed by atoms with Gasteiger partial charge < -0.3 is 24.1 Å². The van der Waals surface area contributed by atoms with Gasteiger partial charge in [0, 0.05) is 0 Å². The van der Waals surface area contributed by atoms with Crippen LogP contribution in [0, 0.1) is 0 Å². The van der Waals surface area contributed by atoms with E-state index in [-0.39, 0.29) is 0 Å². The molecule has 20 heavy (non-hydrogen) atoms. The predicted octanol–water partition coefficient (Wildman–Crippen LogP) is 1.59. The van der Waals surface area contributed by atoms with Gasteiger partial charge in [-0.25, -0.2) is 4.79 Å². The Morgan fingerprint density at radius 2 is 1.85 bits per heavy atom. The number of carbonyl (C=O) groups is 1. The van der Waals surface area contributed by atoms with Crippen molar-refractivity contribution in [3.63, 3.8) is 0 Å². The molecule has 0 spiro atoms. The number of unbranched alkanes of at least 4 members (excludes halogenated alkanes) is 1. The highest BCUT2D eigenvalue weighted by Crippen LogP contribution is 2.12. The number of epoxide rings is 2. The molecule has 6 heteroatoms. The normalized spacial score (nSPS) is 23.6. The first-order chi connectivity index (χ1) is 9.71. The van der Waals surface area contributed by atoms with E-state index >= 15 is 0 Å². The van der Waals surface area contributed by atoms with E-state index in [4.69, 9.17) is 19.3 Å². The van der Waals surface area contributed by atoms with E-state index in [1.165, 1.54) is 7.11 Å². The second kappa shape index (κ2) is 9.74. The quantitative estimate of drug-likeness (QED) is 0.316. The van der Waals surface area contributed by atoms with Crippen LogP contribution >= 0.6 is 0 Å². The summed E-state index contributed by atoms with van der Waals surface area (Å²) < 4.78 is 19.6. The van der Waals surface area contributed by atoms with Gasteiger partial charge in [0.2, 0.25) is 0 Å². The molecular formula is C14H24O6. The lowest BCUT2D eigenvalue weighted by atomic mass is 10.1. The topological polar surface area (TPSA) is 80.8 Å². The molecule has 2 rings (SSSR count). The smallest absolute Gasteiger partial charge is 0.336 e. The van der Waals surface area contributed by atoms with Crippen molar-refractivity contribution < 1.29 is 28.8 Å². The molecule has 0 saturated carbocycles. The van der Waals surface area contributed by atoms with E-state index in [0.717, 1.165) is 45.5 Å². The summed E-state index contributed by atoms with van der Waals surface area (Å²) in [6.45, 7) is 5.28. The molecule has 2 fully saturated rings. The summed E-state index contributed by atoms with van der Waals surface area (Å²) in [6.07, 6.45) is 4.07. The van der Waals surface area contributed by atoms with Gasteiger partial charge in [0.1, 0.15) is 12.2 Å². The van der Waals surface area contributed by atoms with E-state index in [2.05, 4.69) is 4.74 Å². The largest absolute Gasteiger partial charge is 0.515 e. The third-order valence-corrected chi connectivity index (χ3v) is 2.82. The SMILES string of the molecule is C(OCC1CO1)C1CO1.CCCCC(=CO)C(=O)OC. The van der Waals surface area contributed by atoms with Crippen molar-refractivity contribution in [3.05, 3.63) is 11.8 Å². The summed E-state index contributed by atoms with van der Waals surface area (Å²) in [5.41, 5.74) is 0.342. The van der Waals surface area contributed by atoms with Crippen molar-refractivity contribution >= 4 is 5.97 Å². The van der Waals surface area contributed by atoms with Crippen molar-refractivity contribution in [1.29, 1.82) is 0 Å². The Morgan fingerprint density at radius 3 is 2.20 bits per heavy atom. The third kappa shape index (κ3) is 8.14. The highest BCUT2D eigenvalue weighted by atomic mass is 16.6. The molecule has 2 aliphatic heterocycles. The maximum atomic E-state index is 10.8. The van der Waals surface area contributed by atoms with E-state index < -0.39 is 5.97 Å². The fourth-order valence-electron chi connectivity index (χ4n) is 1.38. The number of rotatable bonds is 8. The van der Waals surface area contributed by atoms with Crippen LogP contribution in [0.3, 0.4) is 0 Å². The van der Waals surface area contributed by atoms with Crippen LogP contribution in [0.2, 0.25) is 0 Å². The minimum Gasteiger partial charge on any atom is -0.515 e. The Labute approximate surface area is 119 Å². The minimum absolute atomic E-state index is 0.342. The van der Waals surface area contributed by atoms with Gasteiger partial charge >= 0.3 is 5.97 Å². The molecule has 2 unspecified atom stereocenters. The number of aliphatic hydroxyl groups is 1. The summed E-state index contributed by atoms with van der Waals surface area (Å²) in [5.74, 6) is -0.444. The molecule has 0 aromatic rings. The Hall–Kier alpha value is -1.11. The Morgan fingerprint density at radius 1 is 1.30 bits per heavy atom. The lowest BCUT2D eigenvalue weighted by molar-refractivity contribution is -0.136. The Bertz CT molecular complexity index is 295. The van der Waals surface area contributed by atoms with Crippen molar-refractivity contribution in [2.24, 2.45) is 0 Å². The summed E-state index contributed by atoms with van der Waals surface area (Å²) in [6, 6.07) is 0. The molecule has 2 aliphatic rings. The van der Waals surface area contributed by atoms with E-state index in [1.54, 1.807) is 0 Å². The third-order valence-electron chi connectivity index (χ3n) is 2.82. The first kappa shape index (κ1) is 16.9. The standard InChI is InChI=1S/C8H14O3.C6H10O3/c1-3-4-5-7(6-9)8(10)11-2;1(5-3-8-5)7-2-6-4-9-6/h6,9H,3-5H2,1-2H3;5-6H,1-4H2. The first-order valence-corrected chi connectivity index (χ1v) is 6.93. The molecule has 6 nitrogen and oxygen atoms in total. The number of esters is 1. The van der Waals surface area contributed by atoms with Gasteiger partial charge in [0.25, 0.3) is 0 Å². The van der Waals surface area contributed by atoms with Crippen LogP contribution in [0.1, 0.15) is 26.2 Å². The Kier molecular flexibility index (Phi) is 8.25. The van der Waals surface area contributed by atoms with Gasteiger partial charge in [-0.15, -0.1) is 0 Å². The number of methoxy groups -OCH3 is 1. The molecule has 0 aliphatic carbocycles. The lowest BCUT2D eigenvalue weighted by Crippen LogP contribution is -2.06. The molecular weight excluding hydrogens is 264 g/mol. The number of hydrogen-bond donors (Lipinski definition) is 1. The maximum Gasteiger partial charge on any atom is 0.336 e. The van der Waals surface area contributed by atoms with E-state index in [0.29, 0.717) is 24.2 Å². The van der Waals surface area contributed by atoms with Gasteiger partial charge in [-0.3, -0.25) is 0 Å². The van der Waals surface area contributed by atoms with Crippen molar-refractivity contribution in [3.8, 4) is 0 Å². The van der Waals surface area contributed by atoms with Crippen molar-refractivity contribution in [1.82, 2.24) is 0 Å². The highest BCUT2D eigenvalue weighted by molar-refractivity contribution is 5.87. The average molecular weight is 288 g/mol. The molecule has 1 N–H and O–H groups in total. The van der Waals surface area contributed by atoms with E-state index in [9.17, 15) is 4.79 Å². The zero-order valence-electron chi connectivity index (χ0n) is 12.2. The van der Waals surface area contributed by atoms with Gasteiger partial charge in [0.05, 0.1) is 45.4 Å². The number of hydrogen-bond acceptors (Lipinski definition) is 6.